The molecule has 0 spiro atoms. The molecule has 0 bridgehead atoms. The highest BCUT2D eigenvalue weighted by molar-refractivity contribution is 5.93. The number of para-hydroxylation sites is 1. The predicted molar refractivity (Wildman–Crippen MR) is 79.5 cm³/mol. The predicted octanol–water partition coefficient (Wildman–Crippen LogP) is 2.12. The molecular weight excluding hydrogens is 266 g/mol. The van der Waals surface area contributed by atoms with Crippen molar-refractivity contribution in [3.63, 3.8) is 0 Å². The lowest BCUT2D eigenvalue weighted by atomic mass is 10.1. The summed E-state index contributed by atoms with van der Waals surface area (Å²) in [5.41, 5.74) is 1.56. The van der Waals surface area contributed by atoms with Crippen LogP contribution in [0.4, 0.5) is 0 Å². The fourth-order valence-corrected chi connectivity index (χ4v) is 2.70. The number of carbonyl (C=O) groups is 1. The summed E-state index contributed by atoms with van der Waals surface area (Å²) < 4.78 is 7.19. The molecule has 1 aliphatic heterocycles. The maximum absolute atomic E-state index is 12.7. The first-order valence-corrected chi connectivity index (χ1v) is 7.19. The molecule has 1 fully saturated rings. The van der Waals surface area contributed by atoms with Gasteiger partial charge in [0.2, 0.25) is 0 Å². The molecule has 21 heavy (non-hydrogen) atoms. The minimum Gasteiger partial charge on any atom is -0.381 e. The maximum Gasteiger partial charge on any atom is 0.272 e. The van der Waals surface area contributed by atoms with Gasteiger partial charge >= 0.3 is 0 Å². The minimum atomic E-state index is 0.0332. The normalized spacial score (nSPS) is 16.1. The lowest BCUT2D eigenvalue weighted by Gasteiger charge is -2.31. The Bertz CT molecular complexity index is 601. The number of carbonyl (C=O) groups excluding carboxylic acids is 1. The van der Waals surface area contributed by atoms with Crippen molar-refractivity contribution in [1.29, 1.82) is 0 Å². The zero-order valence-corrected chi connectivity index (χ0v) is 12.1. The van der Waals surface area contributed by atoms with Crippen LogP contribution in [0.2, 0.25) is 0 Å². The van der Waals surface area contributed by atoms with Crippen LogP contribution in [0.3, 0.4) is 0 Å². The largest absolute Gasteiger partial charge is 0.381 e. The first-order chi connectivity index (χ1) is 10.3. The second-order valence-corrected chi connectivity index (χ2v) is 5.21. The number of piperidine rings is 1. The van der Waals surface area contributed by atoms with Gasteiger partial charge in [0.25, 0.3) is 5.91 Å². The van der Waals surface area contributed by atoms with Crippen molar-refractivity contribution in [2.45, 2.75) is 18.9 Å². The monoisotopic (exact) mass is 285 g/mol. The van der Waals surface area contributed by atoms with Gasteiger partial charge in [0, 0.05) is 25.9 Å². The molecule has 1 aromatic heterocycles. The average molecular weight is 285 g/mol. The molecule has 0 N–H and O–H groups in total. The van der Waals surface area contributed by atoms with Crippen LogP contribution in [0.5, 0.6) is 0 Å². The number of methoxy groups -OCH3 is 1. The number of hydrogen-bond donors (Lipinski definition) is 0. The average Bonchev–Trinajstić information content (AvgIpc) is 3.04. The van der Waals surface area contributed by atoms with E-state index in [1.54, 1.807) is 19.6 Å². The van der Waals surface area contributed by atoms with Crippen LogP contribution in [0.15, 0.2) is 42.9 Å². The van der Waals surface area contributed by atoms with E-state index in [1.807, 2.05) is 39.8 Å². The Morgan fingerprint density at radius 2 is 1.95 bits per heavy atom. The Morgan fingerprint density at radius 1 is 1.24 bits per heavy atom. The van der Waals surface area contributed by atoms with Crippen LogP contribution in [0.1, 0.15) is 23.3 Å². The summed E-state index contributed by atoms with van der Waals surface area (Å²) in [6.45, 7) is 1.47. The number of amides is 1. The highest BCUT2D eigenvalue weighted by Crippen LogP contribution is 2.17. The van der Waals surface area contributed by atoms with Crippen LogP contribution in [-0.4, -0.2) is 46.7 Å². The third kappa shape index (κ3) is 2.83. The maximum atomic E-state index is 12.7. The van der Waals surface area contributed by atoms with E-state index in [4.69, 9.17) is 4.74 Å². The van der Waals surface area contributed by atoms with Crippen molar-refractivity contribution < 1.29 is 9.53 Å². The Balaban J connectivity index is 1.79. The Kier molecular flexibility index (Phi) is 4.01. The molecule has 1 aromatic carbocycles. The van der Waals surface area contributed by atoms with E-state index in [2.05, 4.69) is 4.98 Å². The van der Waals surface area contributed by atoms with E-state index in [0.29, 0.717) is 5.69 Å². The molecule has 0 unspecified atom stereocenters. The molecule has 0 aliphatic carbocycles. The molecule has 0 radical (unpaired) electrons. The van der Waals surface area contributed by atoms with Crippen molar-refractivity contribution >= 4 is 5.91 Å². The molecule has 3 rings (SSSR count). The SMILES string of the molecule is COC1CCN(C(=O)c2cncn2-c2ccccc2)CC1. The van der Waals surface area contributed by atoms with Gasteiger partial charge in [-0.1, -0.05) is 18.2 Å². The number of aromatic nitrogens is 2. The summed E-state index contributed by atoms with van der Waals surface area (Å²) >= 11 is 0. The van der Waals surface area contributed by atoms with E-state index in [-0.39, 0.29) is 12.0 Å². The van der Waals surface area contributed by atoms with Crippen LogP contribution in [0.25, 0.3) is 5.69 Å². The Labute approximate surface area is 124 Å². The summed E-state index contributed by atoms with van der Waals surface area (Å²) in [6, 6.07) is 9.80. The molecular formula is C16H19N3O2. The zero-order valence-electron chi connectivity index (χ0n) is 12.1. The molecule has 1 saturated heterocycles. The molecule has 0 saturated carbocycles. The van der Waals surface area contributed by atoms with Gasteiger partial charge in [-0.25, -0.2) is 4.98 Å². The third-order valence-corrected chi connectivity index (χ3v) is 3.95. The molecule has 0 atom stereocenters. The molecule has 2 aromatic rings. The first kappa shape index (κ1) is 13.8. The van der Waals surface area contributed by atoms with Crippen LogP contribution in [0, 0.1) is 0 Å². The van der Waals surface area contributed by atoms with Gasteiger partial charge < -0.3 is 9.64 Å². The summed E-state index contributed by atoms with van der Waals surface area (Å²) in [4.78, 5) is 18.7. The van der Waals surface area contributed by atoms with Gasteiger partial charge in [-0.05, 0) is 25.0 Å². The number of likely N-dealkylation sites (tertiary alicyclic amines) is 1. The molecule has 110 valence electrons. The number of rotatable bonds is 3. The van der Waals surface area contributed by atoms with E-state index in [9.17, 15) is 4.79 Å². The number of benzene rings is 1. The summed E-state index contributed by atoms with van der Waals surface area (Å²) in [6.07, 6.45) is 5.37. The van der Waals surface area contributed by atoms with Crippen molar-refractivity contribution in [1.82, 2.24) is 14.5 Å². The number of imidazole rings is 1. The number of nitrogens with zero attached hydrogens (tertiary/aromatic N) is 3. The van der Waals surface area contributed by atoms with Crippen LogP contribution < -0.4 is 0 Å². The number of ether oxygens (including phenoxy) is 1. The topological polar surface area (TPSA) is 47.4 Å². The second kappa shape index (κ2) is 6.10. The van der Waals surface area contributed by atoms with Crippen LogP contribution >= 0.6 is 0 Å². The summed E-state index contributed by atoms with van der Waals surface area (Å²) in [5, 5.41) is 0. The van der Waals surface area contributed by atoms with Gasteiger partial charge in [0.05, 0.1) is 18.6 Å². The van der Waals surface area contributed by atoms with Gasteiger partial charge in [-0.2, -0.15) is 0 Å². The summed E-state index contributed by atoms with van der Waals surface area (Å²) in [7, 11) is 1.73. The van der Waals surface area contributed by atoms with Crippen molar-refractivity contribution in [3.8, 4) is 5.69 Å². The highest BCUT2D eigenvalue weighted by atomic mass is 16.5. The quantitative estimate of drug-likeness (QED) is 0.868. The number of hydrogen-bond acceptors (Lipinski definition) is 3. The zero-order chi connectivity index (χ0) is 14.7. The van der Waals surface area contributed by atoms with Crippen molar-refractivity contribution in [3.05, 3.63) is 48.5 Å². The van der Waals surface area contributed by atoms with Gasteiger partial charge in [0.1, 0.15) is 5.69 Å². The van der Waals surface area contributed by atoms with Crippen LogP contribution in [-0.2, 0) is 4.74 Å². The Morgan fingerprint density at radius 3 is 2.62 bits per heavy atom. The second-order valence-electron chi connectivity index (χ2n) is 5.21. The van der Waals surface area contributed by atoms with E-state index in [0.717, 1.165) is 31.6 Å². The molecule has 5 heteroatoms. The molecule has 5 nitrogen and oxygen atoms in total. The lowest BCUT2D eigenvalue weighted by molar-refractivity contribution is 0.0346. The first-order valence-electron chi connectivity index (χ1n) is 7.19. The molecule has 1 aliphatic rings. The smallest absolute Gasteiger partial charge is 0.272 e. The van der Waals surface area contributed by atoms with Crippen molar-refractivity contribution in [2.24, 2.45) is 0 Å². The molecule has 2 heterocycles. The lowest BCUT2D eigenvalue weighted by Crippen LogP contribution is -2.41. The van der Waals surface area contributed by atoms with E-state index < -0.39 is 0 Å². The molecule has 1 amide bonds. The van der Waals surface area contributed by atoms with Gasteiger partial charge in [-0.15, -0.1) is 0 Å². The van der Waals surface area contributed by atoms with Gasteiger partial charge in [-0.3, -0.25) is 9.36 Å². The fourth-order valence-electron chi connectivity index (χ4n) is 2.70. The third-order valence-electron chi connectivity index (χ3n) is 3.95. The van der Waals surface area contributed by atoms with Crippen molar-refractivity contribution in [2.75, 3.05) is 20.2 Å². The standard InChI is InChI=1S/C16H19N3O2/c1-21-14-7-9-18(10-8-14)16(20)15-11-17-12-19(15)13-5-3-2-4-6-13/h2-6,11-12,14H,7-10H2,1H3. The Hall–Kier alpha value is -2.14. The minimum absolute atomic E-state index is 0.0332. The highest BCUT2D eigenvalue weighted by Gasteiger charge is 2.25. The van der Waals surface area contributed by atoms with E-state index >= 15 is 0 Å². The summed E-state index contributed by atoms with van der Waals surface area (Å²) in [5.74, 6) is 0.0332. The van der Waals surface area contributed by atoms with Gasteiger partial charge in [0.15, 0.2) is 0 Å². The fraction of sp³-hybridized carbons (Fsp3) is 0.375. The van der Waals surface area contributed by atoms with E-state index in [1.165, 1.54) is 0 Å².